The molecule has 0 amide bonds. The van der Waals surface area contributed by atoms with Crippen molar-refractivity contribution in [3.05, 3.63) is 189 Å². The summed E-state index contributed by atoms with van der Waals surface area (Å²) < 4.78 is 5.74. The van der Waals surface area contributed by atoms with E-state index in [1.165, 1.54) is 273 Å². The molecule has 2 unspecified atom stereocenters. The van der Waals surface area contributed by atoms with Crippen LogP contribution in [0, 0.1) is 19.8 Å². The first-order valence-electron chi connectivity index (χ1n) is 34.0. The molecule has 2 atom stereocenters. The number of hydrogen-bond donors (Lipinski definition) is 0. The van der Waals surface area contributed by atoms with Gasteiger partial charge in [0.1, 0.15) is 0 Å². The molecule has 8 aromatic rings. The first-order valence-corrected chi connectivity index (χ1v) is 35.7. The molecule has 0 radical (unpaired) electrons. The SMILES string of the molecule is CCCCCCCCc1cc(-c2cc(C3=CC4c5ccccc5C5=CC=CC(=C3)C54)cc(-c3cc(CCCCCCCC)c(-c4ccc5c(c4)sc4c6ccc(C)cc6sc54)cc3CCCCCCCC)c2)c(CCCCCCCC)cc1C. The predicted molar refractivity (Wildman–Crippen MR) is 375 cm³/mol. The molecular weight excluding hydrogens is 1050 g/mol. The van der Waals surface area contributed by atoms with Crippen LogP contribution in [-0.2, 0) is 25.7 Å². The fraction of sp³-hybridized carbons (Fsp3) is 0.439. The molecule has 0 N–H and O–H groups in total. The Morgan fingerprint density at radius 3 is 1.46 bits per heavy atom. The first-order chi connectivity index (χ1) is 41.3. The van der Waals surface area contributed by atoms with Gasteiger partial charge < -0.3 is 0 Å². The van der Waals surface area contributed by atoms with E-state index in [2.05, 4.69) is 175 Å². The van der Waals surface area contributed by atoms with Gasteiger partial charge in [0.2, 0.25) is 0 Å². The second-order valence-corrected chi connectivity index (χ2v) is 28.0. The highest BCUT2D eigenvalue weighted by molar-refractivity contribution is 7.36. The minimum absolute atomic E-state index is 0.331. The first kappa shape index (κ1) is 60.2. The van der Waals surface area contributed by atoms with E-state index in [0.717, 1.165) is 25.7 Å². The molecule has 0 bridgehead atoms. The average molecular weight is 1150 g/mol. The monoisotopic (exact) mass is 1150 g/mol. The van der Waals surface area contributed by atoms with Gasteiger partial charge in [-0.1, -0.05) is 259 Å². The summed E-state index contributed by atoms with van der Waals surface area (Å²) in [5, 5.41) is 2.83. The summed E-state index contributed by atoms with van der Waals surface area (Å²) in [4.78, 5) is 0. The third kappa shape index (κ3) is 13.8. The van der Waals surface area contributed by atoms with Crippen LogP contribution in [0.5, 0.6) is 0 Å². The summed E-state index contributed by atoms with van der Waals surface area (Å²) >= 11 is 3.99. The Bertz CT molecular complexity index is 3670. The molecule has 0 aliphatic heterocycles. The van der Waals surface area contributed by atoms with Crippen LogP contribution in [0.3, 0.4) is 0 Å². The van der Waals surface area contributed by atoms with Gasteiger partial charge in [-0.2, -0.15) is 0 Å². The highest BCUT2D eigenvalue weighted by Gasteiger charge is 2.39. The van der Waals surface area contributed by atoms with E-state index >= 15 is 0 Å². The van der Waals surface area contributed by atoms with Crippen molar-refractivity contribution < 1.29 is 0 Å². The molecule has 6 aromatic carbocycles. The topological polar surface area (TPSA) is 0 Å². The lowest BCUT2D eigenvalue weighted by molar-refractivity contribution is 0.605. The molecule has 0 spiro atoms. The highest BCUT2D eigenvalue weighted by atomic mass is 32.1. The number of benzene rings is 6. The Morgan fingerprint density at radius 2 is 0.881 bits per heavy atom. The van der Waals surface area contributed by atoms with Gasteiger partial charge in [0, 0.05) is 32.0 Å². The Balaban J connectivity index is 1.08. The number of aryl methyl sites for hydroxylation is 6. The minimum Gasteiger partial charge on any atom is -0.134 e. The fourth-order valence-electron chi connectivity index (χ4n) is 14.7. The van der Waals surface area contributed by atoms with E-state index in [1.807, 2.05) is 22.7 Å². The van der Waals surface area contributed by atoms with Gasteiger partial charge in [-0.05, 0) is 196 Å². The molecule has 0 saturated heterocycles. The zero-order chi connectivity index (χ0) is 57.8. The highest BCUT2D eigenvalue weighted by Crippen LogP contribution is 2.55. The number of hydrogen-bond acceptors (Lipinski definition) is 2. The maximum Gasteiger partial charge on any atom is 0.0542 e. The molecule has 0 saturated carbocycles. The van der Waals surface area contributed by atoms with Crippen LogP contribution in [0.2, 0.25) is 0 Å². The van der Waals surface area contributed by atoms with Crippen molar-refractivity contribution in [3.8, 4) is 33.4 Å². The summed E-state index contributed by atoms with van der Waals surface area (Å²) in [6, 6.07) is 42.6. The summed E-state index contributed by atoms with van der Waals surface area (Å²) in [5.41, 5.74) is 26.2. The van der Waals surface area contributed by atoms with Crippen molar-refractivity contribution >= 4 is 63.4 Å². The van der Waals surface area contributed by atoms with Crippen molar-refractivity contribution in [1.29, 1.82) is 0 Å². The molecule has 2 heteroatoms. The van der Waals surface area contributed by atoms with Gasteiger partial charge in [0.15, 0.2) is 0 Å². The van der Waals surface area contributed by atoms with E-state index in [-0.39, 0.29) is 0 Å². The number of rotatable bonds is 32. The molecule has 0 nitrogen and oxygen atoms in total. The summed E-state index contributed by atoms with van der Waals surface area (Å²) in [6.45, 7) is 14.0. The van der Waals surface area contributed by atoms with Gasteiger partial charge >= 0.3 is 0 Å². The Hall–Kier alpha value is -5.54. The van der Waals surface area contributed by atoms with Crippen LogP contribution >= 0.6 is 22.7 Å². The second kappa shape index (κ2) is 29.2. The Labute approximate surface area is 515 Å². The molecule has 0 fully saturated rings. The molecule has 2 heterocycles. The number of fused-ring (bicyclic) bond motifs is 8. The summed E-state index contributed by atoms with van der Waals surface area (Å²) in [6.07, 6.45) is 48.3. The Morgan fingerprint density at radius 1 is 0.405 bits per heavy atom. The molecule has 3 aliphatic rings. The van der Waals surface area contributed by atoms with E-state index in [4.69, 9.17) is 0 Å². The quantitative estimate of drug-likeness (QED) is 0.0369. The maximum absolute atomic E-state index is 2.73. The fourth-order valence-corrected chi connectivity index (χ4v) is 17.5. The molecule has 11 rings (SSSR count). The van der Waals surface area contributed by atoms with Gasteiger partial charge in [-0.3, -0.25) is 0 Å². The number of unbranched alkanes of at least 4 members (excludes halogenated alkanes) is 20. The summed E-state index contributed by atoms with van der Waals surface area (Å²) in [5.74, 6) is 0.718. The predicted octanol–water partition coefficient (Wildman–Crippen LogP) is 26.2. The van der Waals surface area contributed by atoms with Crippen LogP contribution in [0.1, 0.15) is 238 Å². The van der Waals surface area contributed by atoms with Crippen molar-refractivity contribution in [2.45, 2.75) is 227 Å². The number of allylic oxidation sites excluding steroid dienone is 8. The smallest absolute Gasteiger partial charge is 0.0542 e. The van der Waals surface area contributed by atoms with Crippen LogP contribution in [-0.4, -0.2) is 0 Å². The van der Waals surface area contributed by atoms with Gasteiger partial charge in [0.05, 0.1) is 9.40 Å². The largest absolute Gasteiger partial charge is 0.134 e. The third-order valence-corrected chi connectivity index (χ3v) is 22.0. The van der Waals surface area contributed by atoms with Crippen molar-refractivity contribution in [1.82, 2.24) is 0 Å². The Kier molecular flexibility index (Phi) is 20.9. The van der Waals surface area contributed by atoms with Crippen LogP contribution < -0.4 is 0 Å². The average Bonchev–Trinajstić information content (AvgIpc) is 1.88. The van der Waals surface area contributed by atoms with E-state index in [9.17, 15) is 0 Å². The van der Waals surface area contributed by atoms with Gasteiger partial charge in [0.25, 0.3) is 0 Å². The van der Waals surface area contributed by atoms with E-state index < -0.39 is 0 Å². The third-order valence-electron chi connectivity index (χ3n) is 19.5. The minimum atomic E-state index is 0.331. The van der Waals surface area contributed by atoms with Crippen molar-refractivity contribution in [3.63, 3.8) is 0 Å². The molecular formula is C82H98S2. The van der Waals surface area contributed by atoms with E-state index in [0.29, 0.717) is 11.8 Å². The molecule has 438 valence electrons. The zero-order valence-corrected chi connectivity index (χ0v) is 54.1. The molecule has 3 aliphatic carbocycles. The van der Waals surface area contributed by atoms with Crippen LogP contribution in [0.25, 0.3) is 74.1 Å². The second-order valence-electron chi connectivity index (χ2n) is 25.9. The van der Waals surface area contributed by atoms with Crippen molar-refractivity contribution in [2.75, 3.05) is 0 Å². The summed E-state index contributed by atoms with van der Waals surface area (Å²) in [7, 11) is 0. The van der Waals surface area contributed by atoms with Crippen LogP contribution in [0.15, 0.2) is 139 Å². The van der Waals surface area contributed by atoms with Gasteiger partial charge in [-0.25, -0.2) is 0 Å². The maximum atomic E-state index is 2.73. The lowest BCUT2D eigenvalue weighted by Gasteiger charge is -2.28. The molecule has 84 heavy (non-hydrogen) atoms. The van der Waals surface area contributed by atoms with Crippen LogP contribution in [0.4, 0.5) is 0 Å². The zero-order valence-electron chi connectivity index (χ0n) is 52.5. The lowest BCUT2D eigenvalue weighted by atomic mass is 9.75. The van der Waals surface area contributed by atoms with E-state index in [1.54, 1.807) is 11.1 Å². The van der Waals surface area contributed by atoms with Crippen molar-refractivity contribution in [2.24, 2.45) is 5.92 Å². The number of thiophene rings is 2. The molecule has 2 aromatic heterocycles. The lowest BCUT2D eigenvalue weighted by Crippen LogP contribution is -2.13. The normalized spacial score (nSPS) is 15.3. The van der Waals surface area contributed by atoms with Gasteiger partial charge in [-0.15, -0.1) is 22.7 Å². The standard InChI is InChI=1S/C82H98S2/c1-7-11-15-19-23-27-34-59-52-75(60(47-58(59)6)35-28-24-20-16-12-8-2)67-49-65(66-48-64-38-33-41-71-69-39-31-32-40-70(69)77(55-66)80(64)71)50-68(51-67)76-54-61(36-29-25-21-17-13-9-3)74(53-62(76)37-30-26-22-18-14-10-4)63-43-45-73-79(56-63)84-81-72-44-42-57(5)46-78(72)83-82(73)81/h31-33,38-56,77,80H,7-30,34-37H2,1-6H3.